The van der Waals surface area contributed by atoms with Crippen LogP contribution in [0.25, 0.3) is 0 Å². The lowest BCUT2D eigenvalue weighted by atomic mass is 10.2. The fourth-order valence-corrected chi connectivity index (χ4v) is 3.41. The molecular formula is C14H23N3S. The van der Waals surface area contributed by atoms with Gasteiger partial charge < -0.3 is 10.6 Å². The molecule has 1 saturated carbocycles. The predicted octanol–water partition coefficient (Wildman–Crippen LogP) is 3.60. The Morgan fingerprint density at radius 3 is 2.94 bits per heavy atom. The molecule has 18 heavy (non-hydrogen) atoms. The molecule has 1 aliphatic rings. The van der Waals surface area contributed by atoms with Gasteiger partial charge in [0.1, 0.15) is 0 Å². The minimum Gasteiger partial charge on any atom is -0.384 e. The smallest absolute Gasteiger partial charge is 0.0549 e. The van der Waals surface area contributed by atoms with Crippen LogP contribution in [-0.2, 0) is 0 Å². The van der Waals surface area contributed by atoms with E-state index in [1.165, 1.54) is 19.3 Å². The highest BCUT2D eigenvalue weighted by molar-refractivity contribution is 7.99. The van der Waals surface area contributed by atoms with E-state index in [0.717, 1.165) is 29.6 Å². The van der Waals surface area contributed by atoms with Gasteiger partial charge in [-0.1, -0.05) is 13.3 Å². The molecule has 2 unspecified atom stereocenters. The van der Waals surface area contributed by atoms with Gasteiger partial charge in [0.2, 0.25) is 0 Å². The highest BCUT2D eigenvalue weighted by Gasteiger charge is 2.26. The van der Waals surface area contributed by atoms with Crippen molar-refractivity contribution in [3.63, 3.8) is 0 Å². The highest BCUT2D eigenvalue weighted by Crippen LogP contribution is 2.31. The van der Waals surface area contributed by atoms with E-state index >= 15 is 0 Å². The second kappa shape index (κ2) is 6.88. The van der Waals surface area contributed by atoms with Crippen molar-refractivity contribution in [3.8, 4) is 0 Å². The third-order valence-electron chi connectivity index (χ3n) is 3.42. The van der Waals surface area contributed by atoms with Gasteiger partial charge in [0.25, 0.3) is 0 Å². The van der Waals surface area contributed by atoms with E-state index in [0.29, 0.717) is 6.04 Å². The Labute approximate surface area is 114 Å². The number of thioether (sulfide) groups is 1. The van der Waals surface area contributed by atoms with Crippen molar-refractivity contribution in [1.29, 1.82) is 0 Å². The molecule has 0 saturated heterocycles. The van der Waals surface area contributed by atoms with Crippen LogP contribution in [-0.4, -0.2) is 29.1 Å². The van der Waals surface area contributed by atoms with Gasteiger partial charge in [0.05, 0.1) is 23.8 Å². The topological polar surface area (TPSA) is 37.0 Å². The van der Waals surface area contributed by atoms with Crippen LogP contribution in [0.5, 0.6) is 0 Å². The Balaban J connectivity index is 1.96. The highest BCUT2D eigenvalue weighted by atomic mass is 32.2. The van der Waals surface area contributed by atoms with E-state index in [9.17, 15) is 0 Å². The molecule has 0 amide bonds. The molecule has 0 radical (unpaired) electrons. The summed E-state index contributed by atoms with van der Waals surface area (Å²) in [6.45, 7) is 3.17. The van der Waals surface area contributed by atoms with E-state index in [1.54, 1.807) is 0 Å². The molecule has 1 aliphatic carbocycles. The van der Waals surface area contributed by atoms with Crippen molar-refractivity contribution in [2.75, 3.05) is 23.4 Å². The first-order valence-corrected chi connectivity index (χ1v) is 8.10. The third kappa shape index (κ3) is 3.55. The summed E-state index contributed by atoms with van der Waals surface area (Å²) in [7, 11) is 0. The van der Waals surface area contributed by atoms with Crippen LogP contribution in [0.4, 0.5) is 11.4 Å². The lowest BCUT2D eigenvalue weighted by Crippen LogP contribution is -2.25. The first-order chi connectivity index (χ1) is 8.83. The molecule has 1 fully saturated rings. The average molecular weight is 265 g/mol. The summed E-state index contributed by atoms with van der Waals surface area (Å²) in [6.07, 6.45) is 11.1. The number of hydrogen-bond donors (Lipinski definition) is 2. The molecule has 1 aromatic rings. The van der Waals surface area contributed by atoms with Gasteiger partial charge in [-0.15, -0.1) is 0 Å². The molecule has 1 aromatic heterocycles. The largest absolute Gasteiger partial charge is 0.384 e. The lowest BCUT2D eigenvalue weighted by molar-refractivity contribution is 0.768. The van der Waals surface area contributed by atoms with Crippen molar-refractivity contribution in [2.24, 2.45) is 0 Å². The summed E-state index contributed by atoms with van der Waals surface area (Å²) in [5, 5.41) is 7.76. The van der Waals surface area contributed by atoms with Gasteiger partial charge in [-0.2, -0.15) is 11.8 Å². The van der Waals surface area contributed by atoms with Crippen molar-refractivity contribution in [2.45, 2.75) is 43.9 Å². The summed E-state index contributed by atoms with van der Waals surface area (Å²) in [5.74, 6) is 0. The summed E-state index contributed by atoms with van der Waals surface area (Å²) < 4.78 is 0. The fourth-order valence-electron chi connectivity index (χ4n) is 2.47. The van der Waals surface area contributed by atoms with Crippen LogP contribution in [0.15, 0.2) is 18.5 Å². The molecule has 1 heterocycles. The Kier molecular flexibility index (Phi) is 5.17. The maximum atomic E-state index is 4.30. The number of pyridine rings is 1. The summed E-state index contributed by atoms with van der Waals surface area (Å²) >= 11 is 1.98. The van der Waals surface area contributed by atoms with Gasteiger partial charge in [0, 0.05) is 17.8 Å². The van der Waals surface area contributed by atoms with Crippen LogP contribution in [0, 0.1) is 0 Å². The zero-order valence-corrected chi connectivity index (χ0v) is 12.1. The van der Waals surface area contributed by atoms with Crippen LogP contribution in [0.3, 0.4) is 0 Å². The molecule has 0 spiro atoms. The average Bonchev–Trinajstić information content (AvgIpc) is 2.84. The van der Waals surface area contributed by atoms with Crippen molar-refractivity contribution in [3.05, 3.63) is 18.5 Å². The minimum atomic E-state index is 0.600. The predicted molar refractivity (Wildman–Crippen MR) is 81.6 cm³/mol. The third-order valence-corrected chi connectivity index (χ3v) is 4.59. The SMILES string of the molecule is CCCNc1cncc(NC2CCCC2SC)c1. The van der Waals surface area contributed by atoms with Crippen LogP contribution in [0.1, 0.15) is 32.6 Å². The fraction of sp³-hybridized carbons (Fsp3) is 0.643. The maximum absolute atomic E-state index is 4.30. The molecule has 100 valence electrons. The van der Waals surface area contributed by atoms with Gasteiger partial charge in [-0.25, -0.2) is 0 Å². The maximum Gasteiger partial charge on any atom is 0.0549 e. The molecule has 0 bridgehead atoms. The number of nitrogens with zero attached hydrogens (tertiary/aromatic N) is 1. The Morgan fingerprint density at radius 1 is 1.33 bits per heavy atom. The first-order valence-electron chi connectivity index (χ1n) is 6.81. The Hall–Kier alpha value is -0.900. The number of aromatic nitrogens is 1. The van der Waals surface area contributed by atoms with Gasteiger partial charge in [0.15, 0.2) is 0 Å². The van der Waals surface area contributed by atoms with Crippen LogP contribution < -0.4 is 10.6 Å². The summed E-state index contributed by atoms with van der Waals surface area (Å²) in [4.78, 5) is 4.30. The molecule has 0 aliphatic heterocycles. The lowest BCUT2D eigenvalue weighted by Gasteiger charge is -2.20. The van der Waals surface area contributed by atoms with Gasteiger partial charge in [-0.3, -0.25) is 4.98 Å². The van der Waals surface area contributed by atoms with Crippen molar-refractivity contribution >= 4 is 23.1 Å². The van der Waals surface area contributed by atoms with E-state index < -0.39 is 0 Å². The number of hydrogen-bond acceptors (Lipinski definition) is 4. The van der Waals surface area contributed by atoms with E-state index in [2.05, 4.69) is 34.9 Å². The number of nitrogens with one attached hydrogen (secondary N) is 2. The normalized spacial score (nSPS) is 23.0. The minimum absolute atomic E-state index is 0.600. The number of rotatable bonds is 6. The molecule has 4 heteroatoms. The summed E-state index contributed by atoms with van der Waals surface area (Å²) in [5.41, 5.74) is 2.25. The molecule has 3 nitrogen and oxygen atoms in total. The molecular weight excluding hydrogens is 242 g/mol. The molecule has 2 atom stereocenters. The van der Waals surface area contributed by atoms with Crippen LogP contribution >= 0.6 is 11.8 Å². The summed E-state index contributed by atoms with van der Waals surface area (Å²) in [6, 6.07) is 2.77. The zero-order valence-electron chi connectivity index (χ0n) is 11.3. The monoisotopic (exact) mass is 265 g/mol. The zero-order chi connectivity index (χ0) is 12.8. The van der Waals surface area contributed by atoms with E-state index in [-0.39, 0.29) is 0 Å². The molecule has 2 N–H and O–H groups in total. The van der Waals surface area contributed by atoms with Gasteiger partial charge >= 0.3 is 0 Å². The van der Waals surface area contributed by atoms with E-state index in [1.807, 2.05) is 24.2 Å². The standard InChI is InChI=1S/C14H23N3S/c1-3-7-16-11-8-12(10-15-9-11)17-13-5-4-6-14(13)18-2/h8-10,13-14,16-17H,3-7H2,1-2H3. The first kappa shape index (κ1) is 13.5. The quantitative estimate of drug-likeness (QED) is 0.824. The second-order valence-electron chi connectivity index (χ2n) is 4.84. The van der Waals surface area contributed by atoms with Crippen LogP contribution in [0.2, 0.25) is 0 Å². The Morgan fingerprint density at radius 2 is 2.17 bits per heavy atom. The van der Waals surface area contributed by atoms with Crippen molar-refractivity contribution < 1.29 is 0 Å². The van der Waals surface area contributed by atoms with Gasteiger partial charge in [-0.05, 0) is 31.6 Å². The molecule has 0 aromatic carbocycles. The number of anilines is 2. The molecule has 2 rings (SSSR count). The Bertz CT molecular complexity index is 370. The van der Waals surface area contributed by atoms with E-state index in [4.69, 9.17) is 0 Å². The van der Waals surface area contributed by atoms with Crippen molar-refractivity contribution in [1.82, 2.24) is 4.98 Å². The second-order valence-corrected chi connectivity index (χ2v) is 5.92.